The number of nitro benzene ring substituents is 1. The molecule has 2 heterocycles. The van der Waals surface area contributed by atoms with Crippen LogP contribution in [0.25, 0.3) is 17.0 Å². The monoisotopic (exact) mass is 496 g/mol. The van der Waals surface area contributed by atoms with Crippen molar-refractivity contribution >= 4 is 46.0 Å². The Hall–Kier alpha value is -5.29. The number of fused-ring (bicyclic) bond motifs is 1. The molecule has 0 unspecified atom stereocenters. The van der Waals surface area contributed by atoms with Crippen molar-refractivity contribution < 1.29 is 19.6 Å². The number of nitrogens with two attached hydrogens (primary N) is 1. The van der Waals surface area contributed by atoms with E-state index in [1.807, 2.05) is 24.3 Å². The molecule has 37 heavy (non-hydrogen) atoms. The molecule has 3 aromatic carbocycles. The predicted molar refractivity (Wildman–Crippen MR) is 137 cm³/mol. The van der Waals surface area contributed by atoms with Crippen LogP contribution in [0.3, 0.4) is 0 Å². The molecule has 184 valence electrons. The molecule has 6 N–H and O–H groups in total. The number of carbonyl (C=O) groups is 2. The Kier molecular flexibility index (Phi) is 5.96. The third kappa shape index (κ3) is 4.66. The number of urea groups is 1. The highest BCUT2D eigenvalue weighted by molar-refractivity contribution is 6.22. The fourth-order valence-electron chi connectivity index (χ4n) is 4.01. The van der Waals surface area contributed by atoms with Crippen molar-refractivity contribution in [2.75, 3.05) is 0 Å². The van der Waals surface area contributed by atoms with Crippen LogP contribution >= 0.6 is 0 Å². The van der Waals surface area contributed by atoms with E-state index in [1.165, 1.54) is 24.3 Å². The maximum atomic E-state index is 11.8. The van der Waals surface area contributed by atoms with Crippen molar-refractivity contribution in [2.45, 2.75) is 6.54 Å². The highest BCUT2D eigenvalue weighted by Crippen LogP contribution is 2.33. The number of nitrogens with zero attached hydrogens (tertiary/aromatic N) is 2. The third-order valence-electron chi connectivity index (χ3n) is 5.84. The minimum atomic E-state index is -0.582. The lowest BCUT2D eigenvalue weighted by Crippen LogP contribution is -2.22. The number of aromatic nitrogens is 1. The quantitative estimate of drug-likeness (QED) is 0.0896. The first kappa shape index (κ1) is 23.5. The van der Waals surface area contributed by atoms with Gasteiger partial charge in [-0.2, -0.15) is 0 Å². The number of rotatable bonds is 6. The molecule has 1 aliphatic rings. The number of imide groups is 1. The molecule has 0 bridgehead atoms. The maximum Gasteiger partial charge on any atom is 0.326 e. The van der Waals surface area contributed by atoms with Gasteiger partial charge >= 0.3 is 6.03 Å². The number of non-ortho nitro benzene ring substituents is 1. The van der Waals surface area contributed by atoms with E-state index >= 15 is 0 Å². The van der Waals surface area contributed by atoms with Crippen LogP contribution in [0.4, 0.5) is 16.2 Å². The Morgan fingerprint density at radius 1 is 1.03 bits per heavy atom. The average Bonchev–Trinajstić information content (AvgIpc) is 3.39. The van der Waals surface area contributed by atoms with Gasteiger partial charge in [0.15, 0.2) is 5.88 Å². The van der Waals surface area contributed by atoms with E-state index in [4.69, 9.17) is 10.7 Å². The van der Waals surface area contributed by atoms with E-state index in [-0.39, 0.29) is 17.3 Å². The number of hydrogen-bond acceptors (Lipinski definition) is 7. The lowest BCUT2D eigenvalue weighted by molar-refractivity contribution is -0.384. The Bertz CT molecular complexity index is 1620. The second-order valence-corrected chi connectivity index (χ2v) is 8.25. The Morgan fingerprint density at radius 3 is 2.38 bits per heavy atom. The number of nitro groups is 1. The molecule has 0 aliphatic carbocycles. The Balaban J connectivity index is 1.62. The first-order chi connectivity index (χ1) is 17.8. The number of carbonyl (C=O) groups excluding carboxylic acids is 2. The SMILES string of the molecule is NCc1ccc(C(=Nc2ccc(/C=C3/NC(=O)NC3=O)cc2)c2c(O)[nH]c3ccc([N+](=O)[O-])cc23)cc1. The van der Waals surface area contributed by atoms with Gasteiger partial charge in [0.05, 0.1) is 21.9 Å². The van der Waals surface area contributed by atoms with E-state index in [0.717, 1.165) is 5.56 Å². The van der Waals surface area contributed by atoms with Crippen LogP contribution in [-0.2, 0) is 11.3 Å². The van der Waals surface area contributed by atoms with Gasteiger partial charge in [0.2, 0.25) is 0 Å². The first-order valence-corrected chi connectivity index (χ1v) is 11.1. The van der Waals surface area contributed by atoms with Crippen molar-refractivity contribution in [3.05, 3.63) is 105 Å². The molecule has 1 fully saturated rings. The molecule has 0 spiro atoms. The van der Waals surface area contributed by atoms with E-state index in [1.54, 1.807) is 24.3 Å². The summed E-state index contributed by atoms with van der Waals surface area (Å²) in [5, 5.41) is 27.2. The van der Waals surface area contributed by atoms with Crippen LogP contribution in [0.2, 0.25) is 0 Å². The summed E-state index contributed by atoms with van der Waals surface area (Å²) in [4.78, 5) is 41.6. The fourth-order valence-corrected chi connectivity index (χ4v) is 4.01. The fraction of sp³-hybridized carbons (Fsp3) is 0.0385. The van der Waals surface area contributed by atoms with Crippen molar-refractivity contribution in [3.8, 4) is 5.88 Å². The van der Waals surface area contributed by atoms with Crippen molar-refractivity contribution in [3.63, 3.8) is 0 Å². The molecule has 1 aliphatic heterocycles. The molecule has 0 radical (unpaired) electrons. The molecule has 0 atom stereocenters. The van der Waals surface area contributed by atoms with Gasteiger partial charge in [-0.25, -0.2) is 9.79 Å². The van der Waals surface area contributed by atoms with Crippen LogP contribution in [0.1, 0.15) is 22.3 Å². The second kappa shape index (κ2) is 9.40. The highest BCUT2D eigenvalue weighted by atomic mass is 16.6. The maximum absolute atomic E-state index is 11.8. The van der Waals surface area contributed by atoms with Crippen LogP contribution in [0.5, 0.6) is 5.88 Å². The number of aromatic hydroxyl groups is 1. The van der Waals surface area contributed by atoms with Crippen LogP contribution < -0.4 is 16.4 Å². The lowest BCUT2D eigenvalue weighted by Gasteiger charge is -2.09. The highest BCUT2D eigenvalue weighted by Gasteiger charge is 2.23. The molecule has 11 heteroatoms. The van der Waals surface area contributed by atoms with Gasteiger partial charge in [0, 0.05) is 35.1 Å². The first-order valence-electron chi connectivity index (χ1n) is 11.1. The summed E-state index contributed by atoms with van der Waals surface area (Å²) < 4.78 is 0. The van der Waals surface area contributed by atoms with Crippen molar-refractivity contribution in [1.82, 2.24) is 15.6 Å². The van der Waals surface area contributed by atoms with Crippen molar-refractivity contribution in [1.29, 1.82) is 0 Å². The van der Waals surface area contributed by atoms with Gasteiger partial charge in [0.1, 0.15) is 5.70 Å². The average molecular weight is 496 g/mol. The second-order valence-electron chi connectivity index (χ2n) is 8.25. The topological polar surface area (TPSA) is 176 Å². The molecule has 4 aromatic rings. The number of H-pyrrole nitrogens is 1. The molecule has 3 amide bonds. The summed E-state index contributed by atoms with van der Waals surface area (Å²) in [6.45, 7) is 0.354. The zero-order valence-corrected chi connectivity index (χ0v) is 19.2. The minimum absolute atomic E-state index is 0.119. The van der Waals surface area contributed by atoms with E-state index in [9.17, 15) is 24.8 Å². The summed E-state index contributed by atoms with van der Waals surface area (Å²) in [5.41, 5.74) is 9.72. The molecule has 5 rings (SSSR count). The van der Waals surface area contributed by atoms with E-state index < -0.39 is 16.9 Å². The summed E-state index contributed by atoms with van der Waals surface area (Å²) in [7, 11) is 0. The number of aromatic amines is 1. The number of nitrogens with one attached hydrogen (secondary N) is 3. The van der Waals surface area contributed by atoms with Crippen LogP contribution in [0.15, 0.2) is 77.4 Å². The predicted octanol–water partition coefficient (Wildman–Crippen LogP) is 3.59. The Labute approximate surface area is 209 Å². The number of hydrogen-bond donors (Lipinski definition) is 5. The van der Waals surface area contributed by atoms with Crippen LogP contribution in [0, 0.1) is 10.1 Å². The standard InChI is InChI=1S/C26H20N6O5/c27-13-15-1-5-16(6-2-15)23(22-19-12-18(32(36)37)9-10-20(19)29-25(22)34)28-17-7-3-14(4-8-17)11-21-24(33)31-26(35)30-21/h1-12,29,34H,13,27H2,(H2,30,31,33,35)/b21-11+,28-23?. The molecule has 0 saturated carbocycles. The van der Waals surface area contributed by atoms with Crippen molar-refractivity contribution in [2.24, 2.45) is 10.7 Å². The van der Waals surface area contributed by atoms with Gasteiger partial charge < -0.3 is 21.1 Å². The summed E-state index contributed by atoms with van der Waals surface area (Å²) in [6.07, 6.45) is 1.53. The zero-order chi connectivity index (χ0) is 26.1. The molecular formula is C26H20N6O5. The van der Waals surface area contributed by atoms with Gasteiger partial charge in [-0.3, -0.25) is 20.2 Å². The van der Waals surface area contributed by atoms with E-state index in [2.05, 4.69) is 15.6 Å². The number of aliphatic imine (C=N–C) groups is 1. The number of amides is 3. The summed E-state index contributed by atoms with van der Waals surface area (Å²) in [5.74, 6) is -0.694. The molecule has 1 saturated heterocycles. The summed E-state index contributed by atoms with van der Waals surface area (Å²) in [6, 6.07) is 17.9. The minimum Gasteiger partial charge on any atom is -0.494 e. The summed E-state index contributed by atoms with van der Waals surface area (Å²) >= 11 is 0. The number of benzene rings is 3. The van der Waals surface area contributed by atoms with Gasteiger partial charge in [0.25, 0.3) is 11.6 Å². The Morgan fingerprint density at radius 2 is 1.76 bits per heavy atom. The van der Waals surface area contributed by atoms with Gasteiger partial charge in [-0.05, 0) is 35.4 Å². The molecular weight excluding hydrogens is 476 g/mol. The van der Waals surface area contributed by atoms with Crippen LogP contribution in [-0.4, -0.2) is 32.7 Å². The molecule has 11 nitrogen and oxygen atoms in total. The lowest BCUT2D eigenvalue weighted by atomic mass is 9.99. The zero-order valence-electron chi connectivity index (χ0n) is 19.2. The normalized spacial score (nSPS) is 14.7. The largest absolute Gasteiger partial charge is 0.494 e. The van der Waals surface area contributed by atoms with E-state index in [0.29, 0.717) is 45.5 Å². The smallest absolute Gasteiger partial charge is 0.326 e. The third-order valence-corrected chi connectivity index (χ3v) is 5.84. The van der Waals surface area contributed by atoms with Gasteiger partial charge in [-0.15, -0.1) is 0 Å². The van der Waals surface area contributed by atoms with Gasteiger partial charge in [-0.1, -0.05) is 36.4 Å². The molecule has 1 aromatic heterocycles.